The number of rotatable bonds is 7. The molecular weight excluding hydrogens is 428 g/mol. The van der Waals surface area contributed by atoms with Crippen LogP contribution in [-0.4, -0.2) is 17.2 Å². The van der Waals surface area contributed by atoms with Crippen molar-refractivity contribution < 1.29 is 18.9 Å². The Hall–Kier alpha value is -3.13. The number of ether oxygens (including phenoxy) is 2. The first-order valence-electron chi connectivity index (χ1n) is 8.32. The molecule has 2 aromatic carbocycles. The number of hydrogen-bond acceptors (Lipinski definition) is 6. The monoisotopic (exact) mass is 444 g/mol. The molecule has 3 aromatic rings. The second-order valence-electron chi connectivity index (χ2n) is 5.90. The molecular formula is C20H17BrN2O5. The zero-order valence-corrected chi connectivity index (χ0v) is 16.8. The molecule has 0 N–H and O–H groups in total. The number of methoxy groups -OCH3 is 1. The van der Waals surface area contributed by atoms with Crippen molar-refractivity contribution in [3.05, 3.63) is 79.6 Å². The highest BCUT2D eigenvalue weighted by Gasteiger charge is 2.21. The number of hydrogen-bond donors (Lipinski definition) is 0. The summed E-state index contributed by atoms with van der Waals surface area (Å²) in [6.07, 6.45) is 3.20. The molecule has 0 atom stereocenters. The summed E-state index contributed by atoms with van der Waals surface area (Å²) in [6, 6.07) is 13.2. The molecule has 0 amide bonds. The Kier molecular flexibility index (Phi) is 6.10. The SMILES string of the molecule is COc1cc(/C=C/c2onc(C)c2[N+](=O)[O-])ccc1OCc1ccc(Br)cc1. The molecule has 8 heteroatoms. The van der Waals surface area contributed by atoms with Crippen LogP contribution >= 0.6 is 15.9 Å². The van der Waals surface area contributed by atoms with Gasteiger partial charge in [-0.05, 0) is 48.4 Å². The van der Waals surface area contributed by atoms with Gasteiger partial charge in [-0.25, -0.2) is 0 Å². The second-order valence-corrected chi connectivity index (χ2v) is 6.81. The molecule has 0 aliphatic carbocycles. The van der Waals surface area contributed by atoms with Crippen LogP contribution in [0, 0.1) is 17.0 Å². The summed E-state index contributed by atoms with van der Waals surface area (Å²) in [6.45, 7) is 1.93. The van der Waals surface area contributed by atoms with E-state index < -0.39 is 4.92 Å². The van der Waals surface area contributed by atoms with Crippen LogP contribution in [0.15, 0.2) is 51.5 Å². The van der Waals surface area contributed by atoms with Gasteiger partial charge in [0.05, 0.1) is 12.0 Å². The Labute approximate surface area is 169 Å². The van der Waals surface area contributed by atoms with Gasteiger partial charge >= 0.3 is 5.69 Å². The zero-order chi connectivity index (χ0) is 20.1. The Bertz CT molecular complexity index is 1010. The Morgan fingerprint density at radius 2 is 1.93 bits per heavy atom. The number of halogens is 1. The molecule has 0 bridgehead atoms. The number of aromatic nitrogens is 1. The summed E-state index contributed by atoms with van der Waals surface area (Å²) in [4.78, 5) is 10.6. The summed E-state index contributed by atoms with van der Waals surface area (Å²) in [5, 5.41) is 14.7. The lowest BCUT2D eigenvalue weighted by molar-refractivity contribution is -0.386. The van der Waals surface area contributed by atoms with Gasteiger partial charge in [0, 0.05) is 4.47 Å². The highest BCUT2D eigenvalue weighted by Crippen LogP contribution is 2.30. The molecule has 3 rings (SSSR count). The molecule has 1 heterocycles. The largest absolute Gasteiger partial charge is 0.493 e. The third-order valence-electron chi connectivity index (χ3n) is 3.96. The standard InChI is InChI=1S/C20H17BrN2O5/c1-13-20(23(24)25)18(28-22-13)10-6-14-5-9-17(19(11-14)26-2)27-12-15-3-7-16(21)8-4-15/h3-11H,12H2,1-2H3/b10-6+. The average Bonchev–Trinajstić information content (AvgIpc) is 3.07. The van der Waals surface area contributed by atoms with Crippen LogP contribution in [0.2, 0.25) is 0 Å². The number of benzene rings is 2. The van der Waals surface area contributed by atoms with Crippen molar-refractivity contribution in [2.24, 2.45) is 0 Å². The number of nitrogens with zero attached hydrogens (tertiary/aromatic N) is 2. The van der Waals surface area contributed by atoms with E-state index in [1.165, 1.54) is 13.0 Å². The van der Waals surface area contributed by atoms with Crippen molar-refractivity contribution in [3.8, 4) is 11.5 Å². The van der Waals surface area contributed by atoms with Crippen molar-refractivity contribution in [1.29, 1.82) is 0 Å². The summed E-state index contributed by atoms with van der Waals surface area (Å²) < 4.78 is 17.3. The molecule has 28 heavy (non-hydrogen) atoms. The van der Waals surface area contributed by atoms with Crippen molar-refractivity contribution >= 4 is 33.8 Å². The van der Waals surface area contributed by atoms with Crippen molar-refractivity contribution in [2.75, 3.05) is 7.11 Å². The van der Waals surface area contributed by atoms with E-state index in [0.29, 0.717) is 18.1 Å². The molecule has 0 unspecified atom stereocenters. The first kappa shape index (κ1) is 19.6. The van der Waals surface area contributed by atoms with Gasteiger partial charge in [0.15, 0.2) is 17.2 Å². The highest BCUT2D eigenvalue weighted by atomic mass is 79.9. The van der Waals surface area contributed by atoms with E-state index in [0.717, 1.165) is 15.6 Å². The molecule has 0 aliphatic rings. The van der Waals surface area contributed by atoms with Crippen LogP contribution in [0.3, 0.4) is 0 Å². The van der Waals surface area contributed by atoms with Gasteiger partial charge in [0.25, 0.3) is 0 Å². The van der Waals surface area contributed by atoms with E-state index in [-0.39, 0.29) is 17.1 Å². The van der Waals surface area contributed by atoms with Gasteiger partial charge in [-0.1, -0.05) is 45.4 Å². The topological polar surface area (TPSA) is 87.6 Å². The van der Waals surface area contributed by atoms with Crippen LogP contribution in [-0.2, 0) is 6.61 Å². The first-order valence-corrected chi connectivity index (χ1v) is 9.11. The van der Waals surface area contributed by atoms with Gasteiger partial charge < -0.3 is 14.0 Å². The van der Waals surface area contributed by atoms with E-state index in [4.69, 9.17) is 14.0 Å². The van der Waals surface area contributed by atoms with Gasteiger partial charge in [-0.3, -0.25) is 10.1 Å². The van der Waals surface area contributed by atoms with Crippen molar-refractivity contribution in [3.63, 3.8) is 0 Å². The van der Waals surface area contributed by atoms with Crippen LogP contribution in [0.25, 0.3) is 12.2 Å². The molecule has 7 nitrogen and oxygen atoms in total. The molecule has 0 saturated heterocycles. The summed E-state index contributed by atoms with van der Waals surface area (Å²) in [7, 11) is 1.56. The molecule has 0 spiro atoms. The maximum Gasteiger partial charge on any atom is 0.338 e. The third kappa shape index (κ3) is 4.58. The van der Waals surface area contributed by atoms with E-state index >= 15 is 0 Å². The fourth-order valence-electron chi connectivity index (χ4n) is 2.53. The van der Waals surface area contributed by atoms with E-state index in [2.05, 4.69) is 21.1 Å². The lowest BCUT2D eigenvalue weighted by Crippen LogP contribution is -1.97. The summed E-state index contributed by atoms with van der Waals surface area (Å²) in [5.41, 5.74) is 1.90. The van der Waals surface area contributed by atoms with Crippen LogP contribution in [0.1, 0.15) is 22.6 Å². The summed E-state index contributed by atoms with van der Waals surface area (Å²) in [5.74, 6) is 1.25. The Balaban J connectivity index is 1.75. The van der Waals surface area contributed by atoms with Crippen LogP contribution in [0.5, 0.6) is 11.5 Å². The molecule has 0 radical (unpaired) electrons. The molecule has 0 fully saturated rings. The third-order valence-corrected chi connectivity index (χ3v) is 4.49. The fraction of sp³-hybridized carbons (Fsp3) is 0.150. The quantitative estimate of drug-likeness (QED) is 0.357. The van der Waals surface area contributed by atoms with Crippen molar-refractivity contribution in [1.82, 2.24) is 5.16 Å². The minimum Gasteiger partial charge on any atom is -0.493 e. The normalized spacial score (nSPS) is 11.0. The van der Waals surface area contributed by atoms with Crippen LogP contribution in [0.4, 0.5) is 5.69 Å². The van der Waals surface area contributed by atoms with Gasteiger partial charge in [-0.15, -0.1) is 0 Å². The predicted molar refractivity (Wildman–Crippen MR) is 108 cm³/mol. The van der Waals surface area contributed by atoms with Gasteiger partial charge in [-0.2, -0.15) is 0 Å². The van der Waals surface area contributed by atoms with E-state index in [1.807, 2.05) is 30.3 Å². The van der Waals surface area contributed by atoms with E-state index in [1.54, 1.807) is 25.3 Å². The zero-order valence-electron chi connectivity index (χ0n) is 15.2. The van der Waals surface area contributed by atoms with Crippen LogP contribution < -0.4 is 9.47 Å². The summed E-state index contributed by atoms with van der Waals surface area (Å²) >= 11 is 3.40. The predicted octanol–water partition coefficient (Wildman–Crippen LogP) is 5.41. The number of nitro groups is 1. The lowest BCUT2D eigenvalue weighted by atomic mass is 10.1. The molecule has 1 aromatic heterocycles. The minimum absolute atomic E-state index is 0.0945. The van der Waals surface area contributed by atoms with Gasteiger partial charge in [0.2, 0.25) is 5.76 Å². The molecule has 0 aliphatic heterocycles. The second kappa shape index (κ2) is 8.71. The van der Waals surface area contributed by atoms with E-state index in [9.17, 15) is 10.1 Å². The maximum absolute atomic E-state index is 11.1. The number of aryl methyl sites for hydroxylation is 1. The average molecular weight is 445 g/mol. The fourth-order valence-corrected chi connectivity index (χ4v) is 2.80. The first-order chi connectivity index (χ1) is 13.5. The van der Waals surface area contributed by atoms with Crippen molar-refractivity contribution in [2.45, 2.75) is 13.5 Å². The maximum atomic E-state index is 11.1. The highest BCUT2D eigenvalue weighted by molar-refractivity contribution is 9.10. The lowest BCUT2D eigenvalue weighted by Gasteiger charge is -2.11. The Morgan fingerprint density at radius 3 is 2.61 bits per heavy atom. The smallest absolute Gasteiger partial charge is 0.338 e. The Morgan fingerprint density at radius 1 is 1.18 bits per heavy atom. The van der Waals surface area contributed by atoms with Gasteiger partial charge in [0.1, 0.15) is 6.61 Å². The molecule has 0 saturated carbocycles. The minimum atomic E-state index is -0.509. The molecule has 144 valence electrons.